The molecule has 0 saturated carbocycles. The third-order valence-corrected chi connectivity index (χ3v) is 6.89. The number of carbonyl (C=O) groups excluding carboxylic acids is 1. The van der Waals surface area contributed by atoms with Gasteiger partial charge in [0.1, 0.15) is 0 Å². The van der Waals surface area contributed by atoms with E-state index in [9.17, 15) is 4.79 Å². The normalized spacial score (nSPS) is 17.9. The van der Waals surface area contributed by atoms with Crippen molar-refractivity contribution in [2.75, 3.05) is 32.7 Å². The Bertz CT molecular complexity index is 751. The van der Waals surface area contributed by atoms with Crippen molar-refractivity contribution >= 4 is 34.3 Å². The molecule has 1 N–H and O–H groups in total. The highest BCUT2D eigenvalue weighted by atomic mass is 32.1. The summed E-state index contributed by atoms with van der Waals surface area (Å²) in [7, 11) is 0. The number of urea groups is 1. The first-order valence-corrected chi connectivity index (χ1v) is 10.6. The van der Waals surface area contributed by atoms with Gasteiger partial charge in [-0.05, 0) is 46.9 Å². The molecule has 25 heavy (non-hydrogen) atoms. The Morgan fingerprint density at radius 3 is 2.92 bits per heavy atom. The zero-order valence-electron chi connectivity index (χ0n) is 14.2. The van der Waals surface area contributed by atoms with Crippen molar-refractivity contribution in [3.8, 4) is 0 Å². The average Bonchev–Trinajstić information content (AvgIpc) is 3.33. The van der Waals surface area contributed by atoms with E-state index in [0.717, 1.165) is 45.6 Å². The molecule has 2 amide bonds. The van der Waals surface area contributed by atoms with Crippen molar-refractivity contribution < 1.29 is 4.79 Å². The summed E-state index contributed by atoms with van der Waals surface area (Å²) in [6.45, 7) is 5.27. The summed E-state index contributed by atoms with van der Waals surface area (Å²) in [4.78, 5) is 19.6. The maximum absolute atomic E-state index is 12.4. The highest BCUT2D eigenvalue weighted by molar-refractivity contribution is 7.11. The minimum atomic E-state index is 0.0645. The molecule has 0 fully saturated rings. The first-order valence-electron chi connectivity index (χ1n) is 8.83. The van der Waals surface area contributed by atoms with E-state index in [-0.39, 0.29) is 6.03 Å². The van der Waals surface area contributed by atoms with Crippen LogP contribution >= 0.6 is 22.7 Å². The van der Waals surface area contributed by atoms with Crippen LogP contribution in [0.2, 0.25) is 0 Å². The van der Waals surface area contributed by atoms with E-state index in [0.29, 0.717) is 6.54 Å². The molecule has 0 aromatic carbocycles. The van der Waals surface area contributed by atoms with Crippen LogP contribution in [0.3, 0.4) is 0 Å². The second-order valence-electron chi connectivity index (χ2n) is 6.53. The average molecular weight is 374 g/mol. The lowest BCUT2D eigenvalue weighted by Gasteiger charge is -2.29. The molecule has 2 aliphatic rings. The Balaban J connectivity index is 1.21. The lowest BCUT2D eigenvalue weighted by molar-refractivity contribution is 0.198. The molecule has 0 aliphatic carbocycles. The molecule has 0 atom stereocenters. The van der Waals surface area contributed by atoms with E-state index in [4.69, 9.17) is 0 Å². The Morgan fingerprint density at radius 1 is 1.16 bits per heavy atom. The Kier molecular flexibility index (Phi) is 5.20. The van der Waals surface area contributed by atoms with Gasteiger partial charge in [-0.25, -0.2) is 4.79 Å². The van der Waals surface area contributed by atoms with Crippen molar-refractivity contribution in [2.24, 2.45) is 0 Å². The lowest BCUT2D eigenvalue weighted by Crippen LogP contribution is -2.45. The number of carbonyl (C=O) groups is 1. The van der Waals surface area contributed by atoms with Crippen LogP contribution in [0, 0.1) is 0 Å². The van der Waals surface area contributed by atoms with E-state index in [1.165, 1.54) is 20.9 Å². The number of rotatable bonds is 4. The lowest BCUT2D eigenvalue weighted by atomic mass is 10.1. The zero-order chi connectivity index (χ0) is 17.1. The summed E-state index contributed by atoms with van der Waals surface area (Å²) in [6, 6.07) is 6.54. The molecule has 2 aromatic heterocycles. The van der Waals surface area contributed by atoms with Crippen LogP contribution in [0.4, 0.5) is 4.79 Å². The van der Waals surface area contributed by atoms with Gasteiger partial charge in [-0.3, -0.25) is 4.90 Å². The van der Waals surface area contributed by atoms with E-state index in [2.05, 4.69) is 45.3 Å². The van der Waals surface area contributed by atoms with Gasteiger partial charge in [-0.2, -0.15) is 0 Å². The fraction of sp³-hybridized carbons (Fsp3) is 0.421. The summed E-state index contributed by atoms with van der Waals surface area (Å²) < 4.78 is 0. The first kappa shape index (κ1) is 16.8. The van der Waals surface area contributed by atoms with Gasteiger partial charge in [0.2, 0.25) is 0 Å². The van der Waals surface area contributed by atoms with Crippen LogP contribution in [-0.2, 0) is 13.0 Å². The van der Waals surface area contributed by atoms with E-state index in [1.54, 1.807) is 11.3 Å². The molecule has 0 bridgehead atoms. The Morgan fingerprint density at radius 2 is 2.12 bits per heavy atom. The topological polar surface area (TPSA) is 35.6 Å². The number of thiophene rings is 2. The van der Waals surface area contributed by atoms with Crippen molar-refractivity contribution in [3.05, 3.63) is 50.4 Å². The molecule has 0 radical (unpaired) electrons. The van der Waals surface area contributed by atoms with Gasteiger partial charge in [-0.1, -0.05) is 12.1 Å². The van der Waals surface area contributed by atoms with Crippen LogP contribution in [-0.4, -0.2) is 48.6 Å². The number of hydrogen-bond acceptors (Lipinski definition) is 4. The summed E-state index contributed by atoms with van der Waals surface area (Å²) in [5, 5.41) is 7.38. The van der Waals surface area contributed by atoms with Gasteiger partial charge in [0.15, 0.2) is 0 Å². The number of fused-ring (bicyclic) bond motifs is 1. The van der Waals surface area contributed by atoms with Crippen LogP contribution < -0.4 is 5.32 Å². The standard InChI is InChI=1S/C19H23N3OS2/c23-19(22-9-3-15(4-10-22)17-2-1-12-24-17)20-7-11-21-8-5-18-16(14-21)6-13-25-18/h1-3,6,12-13H,4-5,7-11,14H2,(H,20,23). The number of hydrogen-bond donors (Lipinski definition) is 1. The molecule has 4 heterocycles. The van der Waals surface area contributed by atoms with Gasteiger partial charge in [0.05, 0.1) is 0 Å². The molecule has 0 spiro atoms. The smallest absolute Gasteiger partial charge is 0.317 e. The summed E-state index contributed by atoms with van der Waals surface area (Å²) in [5.41, 5.74) is 2.84. The van der Waals surface area contributed by atoms with Gasteiger partial charge in [0.25, 0.3) is 0 Å². The fourth-order valence-corrected chi connectivity index (χ4v) is 5.16. The summed E-state index contributed by atoms with van der Waals surface area (Å²) in [5.74, 6) is 0. The van der Waals surface area contributed by atoms with Crippen LogP contribution in [0.5, 0.6) is 0 Å². The molecule has 2 aromatic rings. The fourth-order valence-electron chi connectivity index (χ4n) is 3.47. The molecule has 6 heteroatoms. The molecule has 2 aliphatic heterocycles. The van der Waals surface area contributed by atoms with Gasteiger partial charge >= 0.3 is 6.03 Å². The molecular weight excluding hydrogens is 350 g/mol. The largest absolute Gasteiger partial charge is 0.337 e. The predicted molar refractivity (Wildman–Crippen MR) is 105 cm³/mol. The quantitative estimate of drug-likeness (QED) is 0.888. The Hall–Kier alpha value is -1.63. The van der Waals surface area contributed by atoms with Crippen molar-refractivity contribution in [3.63, 3.8) is 0 Å². The van der Waals surface area contributed by atoms with Crippen molar-refractivity contribution in [2.45, 2.75) is 19.4 Å². The van der Waals surface area contributed by atoms with E-state index >= 15 is 0 Å². The van der Waals surface area contributed by atoms with Crippen molar-refractivity contribution in [1.82, 2.24) is 15.1 Å². The highest BCUT2D eigenvalue weighted by Gasteiger charge is 2.19. The third-order valence-electron chi connectivity index (χ3n) is 4.92. The van der Waals surface area contributed by atoms with E-state index < -0.39 is 0 Å². The molecule has 4 rings (SSSR count). The number of nitrogens with zero attached hydrogens (tertiary/aromatic N) is 2. The van der Waals surface area contributed by atoms with Crippen LogP contribution in [0.25, 0.3) is 5.57 Å². The molecule has 132 valence electrons. The van der Waals surface area contributed by atoms with Crippen LogP contribution in [0.15, 0.2) is 35.0 Å². The maximum Gasteiger partial charge on any atom is 0.317 e. The zero-order valence-corrected chi connectivity index (χ0v) is 15.9. The Labute approximate surface area is 156 Å². The predicted octanol–water partition coefficient (Wildman–Crippen LogP) is 3.67. The minimum absolute atomic E-state index is 0.0645. The van der Waals surface area contributed by atoms with E-state index in [1.807, 2.05) is 16.2 Å². The molecule has 0 unspecified atom stereocenters. The van der Waals surface area contributed by atoms with Gasteiger partial charge in [0, 0.05) is 49.0 Å². The summed E-state index contributed by atoms with van der Waals surface area (Å²) in [6.07, 6.45) is 4.28. The monoisotopic (exact) mass is 373 g/mol. The SMILES string of the molecule is O=C(NCCN1CCc2sccc2C1)N1CC=C(c2cccs2)CC1. The van der Waals surface area contributed by atoms with Crippen LogP contribution in [0.1, 0.15) is 21.7 Å². The van der Waals surface area contributed by atoms with Gasteiger partial charge in [-0.15, -0.1) is 22.7 Å². The molecular formula is C19H23N3OS2. The highest BCUT2D eigenvalue weighted by Crippen LogP contribution is 2.26. The minimum Gasteiger partial charge on any atom is -0.337 e. The second kappa shape index (κ2) is 7.72. The first-order chi connectivity index (χ1) is 12.3. The third kappa shape index (κ3) is 3.97. The maximum atomic E-state index is 12.4. The molecule has 4 nitrogen and oxygen atoms in total. The van der Waals surface area contributed by atoms with Crippen molar-refractivity contribution in [1.29, 1.82) is 0 Å². The second-order valence-corrected chi connectivity index (χ2v) is 8.48. The van der Waals surface area contributed by atoms with Gasteiger partial charge < -0.3 is 10.2 Å². The number of nitrogens with one attached hydrogen (secondary N) is 1. The number of amides is 2. The molecule has 0 saturated heterocycles. The summed E-state index contributed by atoms with van der Waals surface area (Å²) >= 11 is 3.64.